The molecule has 0 aliphatic carbocycles. The van der Waals surface area contributed by atoms with Gasteiger partial charge in [-0.05, 0) is 25.5 Å². The van der Waals surface area contributed by atoms with E-state index in [0.717, 1.165) is 36.0 Å². The number of hydrogen-bond acceptors (Lipinski definition) is 4. The van der Waals surface area contributed by atoms with Crippen molar-refractivity contribution < 1.29 is 9.53 Å². The molecule has 0 N–H and O–H groups in total. The van der Waals surface area contributed by atoms with Crippen LogP contribution >= 0.6 is 0 Å². The van der Waals surface area contributed by atoms with Crippen LogP contribution in [0.5, 0.6) is 0 Å². The van der Waals surface area contributed by atoms with Crippen LogP contribution in [-0.2, 0) is 4.74 Å². The van der Waals surface area contributed by atoms with Crippen molar-refractivity contribution in [1.82, 2.24) is 4.98 Å². The Labute approximate surface area is 124 Å². The Kier molecular flexibility index (Phi) is 3.88. The Bertz CT molecular complexity index is 656. The molecule has 4 heteroatoms. The maximum atomic E-state index is 11.5. The number of pyridine rings is 1. The third kappa shape index (κ3) is 2.63. The fourth-order valence-electron chi connectivity index (χ4n) is 2.88. The molecule has 1 aromatic carbocycles. The number of anilines is 1. The van der Waals surface area contributed by atoms with Gasteiger partial charge in [-0.3, -0.25) is 4.79 Å². The summed E-state index contributed by atoms with van der Waals surface area (Å²) < 4.78 is 5.74. The van der Waals surface area contributed by atoms with E-state index in [-0.39, 0.29) is 12.1 Å². The van der Waals surface area contributed by atoms with E-state index < -0.39 is 0 Å². The Hall–Kier alpha value is -1.94. The van der Waals surface area contributed by atoms with E-state index in [1.165, 1.54) is 0 Å². The maximum absolute atomic E-state index is 11.5. The normalized spacial score (nSPS) is 22.5. The summed E-state index contributed by atoms with van der Waals surface area (Å²) in [6.07, 6.45) is 2.03. The number of nitrogens with zero attached hydrogens (tertiary/aromatic N) is 2. The smallest absolute Gasteiger partial charge is 0.153 e. The van der Waals surface area contributed by atoms with Crippen molar-refractivity contribution in [3.05, 3.63) is 35.9 Å². The summed E-state index contributed by atoms with van der Waals surface area (Å²) >= 11 is 0. The first-order valence-corrected chi connectivity index (χ1v) is 7.46. The first-order valence-electron chi connectivity index (χ1n) is 7.46. The average Bonchev–Trinajstić information content (AvgIpc) is 2.53. The molecule has 110 valence electrons. The van der Waals surface area contributed by atoms with Crippen molar-refractivity contribution in [3.63, 3.8) is 0 Å². The van der Waals surface area contributed by atoms with Crippen LogP contribution in [0.2, 0.25) is 0 Å². The number of carbonyl (C=O) groups excluding carboxylic acids is 1. The highest BCUT2D eigenvalue weighted by Crippen LogP contribution is 2.27. The molecule has 0 bridgehead atoms. The van der Waals surface area contributed by atoms with Gasteiger partial charge in [0.05, 0.1) is 29.8 Å². The van der Waals surface area contributed by atoms with Gasteiger partial charge >= 0.3 is 0 Å². The SMILES string of the molecule is CCC1COC(C)CN1c1nc2ccccc2cc1C=O. The summed E-state index contributed by atoms with van der Waals surface area (Å²) in [5.74, 6) is 0.783. The van der Waals surface area contributed by atoms with Crippen LogP contribution in [0.15, 0.2) is 30.3 Å². The maximum Gasteiger partial charge on any atom is 0.153 e. The van der Waals surface area contributed by atoms with E-state index in [1.807, 2.05) is 30.3 Å². The van der Waals surface area contributed by atoms with E-state index in [4.69, 9.17) is 9.72 Å². The number of aromatic nitrogens is 1. The number of carbonyl (C=O) groups is 1. The molecule has 2 heterocycles. The lowest BCUT2D eigenvalue weighted by atomic mass is 10.1. The Morgan fingerprint density at radius 2 is 2.24 bits per heavy atom. The van der Waals surface area contributed by atoms with Gasteiger partial charge in [0.1, 0.15) is 5.82 Å². The van der Waals surface area contributed by atoms with Crippen LogP contribution in [0, 0.1) is 0 Å². The summed E-state index contributed by atoms with van der Waals surface area (Å²) in [7, 11) is 0. The highest BCUT2D eigenvalue weighted by molar-refractivity contribution is 5.91. The van der Waals surface area contributed by atoms with Gasteiger partial charge in [0, 0.05) is 11.9 Å². The van der Waals surface area contributed by atoms with Gasteiger partial charge in [-0.2, -0.15) is 0 Å². The lowest BCUT2D eigenvalue weighted by Gasteiger charge is -2.39. The number of rotatable bonds is 3. The fraction of sp³-hybridized carbons (Fsp3) is 0.412. The molecule has 1 aromatic heterocycles. The van der Waals surface area contributed by atoms with Crippen molar-refractivity contribution in [2.24, 2.45) is 0 Å². The summed E-state index contributed by atoms with van der Waals surface area (Å²) in [5, 5.41) is 0.998. The second-order valence-electron chi connectivity index (χ2n) is 5.57. The molecule has 1 aliphatic rings. The predicted octanol–water partition coefficient (Wildman–Crippen LogP) is 3.05. The number of fused-ring (bicyclic) bond motifs is 1. The molecular weight excluding hydrogens is 264 g/mol. The zero-order chi connectivity index (χ0) is 14.8. The lowest BCUT2D eigenvalue weighted by molar-refractivity contribution is 0.0296. The quantitative estimate of drug-likeness (QED) is 0.812. The minimum Gasteiger partial charge on any atom is -0.375 e. The Morgan fingerprint density at radius 1 is 1.43 bits per heavy atom. The summed E-state index contributed by atoms with van der Waals surface area (Å²) in [5.41, 5.74) is 1.58. The molecule has 21 heavy (non-hydrogen) atoms. The zero-order valence-electron chi connectivity index (χ0n) is 12.5. The molecule has 0 radical (unpaired) electrons. The third-order valence-electron chi connectivity index (χ3n) is 4.07. The second kappa shape index (κ2) is 5.82. The van der Waals surface area contributed by atoms with E-state index in [9.17, 15) is 4.79 Å². The van der Waals surface area contributed by atoms with Gasteiger partial charge in [-0.1, -0.05) is 25.1 Å². The van der Waals surface area contributed by atoms with Gasteiger partial charge in [0.15, 0.2) is 6.29 Å². The van der Waals surface area contributed by atoms with Gasteiger partial charge in [0.2, 0.25) is 0 Å². The van der Waals surface area contributed by atoms with E-state index in [0.29, 0.717) is 12.2 Å². The van der Waals surface area contributed by atoms with Gasteiger partial charge in [0.25, 0.3) is 0 Å². The Balaban J connectivity index is 2.10. The highest BCUT2D eigenvalue weighted by atomic mass is 16.5. The fourth-order valence-corrected chi connectivity index (χ4v) is 2.88. The molecule has 0 amide bonds. The number of benzene rings is 1. The van der Waals surface area contributed by atoms with Gasteiger partial charge in [-0.15, -0.1) is 0 Å². The van der Waals surface area contributed by atoms with Crippen molar-refractivity contribution in [3.8, 4) is 0 Å². The van der Waals surface area contributed by atoms with E-state index >= 15 is 0 Å². The molecule has 2 atom stereocenters. The van der Waals surface area contributed by atoms with E-state index in [2.05, 4.69) is 18.7 Å². The minimum absolute atomic E-state index is 0.153. The molecule has 4 nitrogen and oxygen atoms in total. The van der Waals surface area contributed by atoms with Crippen molar-refractivity contribution in [2.45, 2.75) is 32.4 Å². The molecule has 0 saturated carbocycles. The van der Waals surface area contributed by atoms with Crippen LogP contribution in [0.4, 0.5) is 5.82 Å². The second-order valence-corrected chi connectivity index (χ2v) is 5.57. The molecule has 2 aromatic rings. The van der Waals surface area contributed by atoms with Crippen LogP contribution < -0.4 is 4.90 Å². The van der Waals surface area contributed by atoms with Crippen molar-refractivity contribution >= 4 is 23.0 Å². The van der Waals surface area contributed by atoms with Crippen LogP contribution in [0.1, 0.15) is 30.6 Å². The third-order valence-corrected chi connectivity index (χ3v) is 4.07. The molecule has 1 fully saturated rings. The number of ether oxygens (including phenoxy) is 1. The average molecular weight is 284 g/mol. The highest BCUT2D eigenvalue weighted by Gasteiger charge is 2.28. The zero-order valence-corrected chi connectivity index (χ0v) is 12.5. The number of aldehydes is 1. The molecule has 3 rings (SSSR count). The standard InChI is InChI=1S/C17H20N2O2/c1-3-15-11-21-12(2)9-19(15)17-14(10-20)8-13-6-4-5-7-16(13)18-17/h4-8,10,12,15H,3,9,11H2,1-2H3. The number of hydrogen-bond donors (Lipinski definition) is 0. The molecule has 0 spiro atoms. The molecule has 1 aliphatic heterocycles. The topological polar surface area (TPSA) is 42.4 Å². The molecule has 2 unspecified atom stereocenters. The number of para-hydroxylation sites is 1. The minimum atomic E-state index is 0.153. The first-order chi connectivity index (χ1) is 10.2. The van der Waals surface area contributed by atoms with Crippen molar-refractivity contribution in [2.75, 3.05) is 18.1 Å². The van der Waals surface area contributed by atoms with Gasteiger partial charge in [-0.25, -0.2) is 4.98 Å². The van der Waals surface area contributed by atoms with Gasteiger partial charge < -0.3 is 9.64 Å². The number of morpholine rings is 1. The van der Waals surface area contributed by atoms with Crippen LogP contribution in [0.25, 0.3) is 10.9 Å². The predicted molar refractivity (Wildman–Crippen MR) is 84.0 cm³/mol. The van der Waals surface area contributed by atoms with Crippen LogP contribution in [0.3, 0.4) is 0 Å². The van der Waals surface area contributed by atoms with E-state index in [1.54, 1.807) is 0 Å². The molecule has 1 saturated heterocycles. The summed E-state index contributed by atoms with van der Waals surface area (Å²) in [4.78, 5) is 18.5. The lowest BCUT2D eigenvalue weighted by Crippen LogP contribution is -2.49. The Morgan fingerprint density at radius 3 is 3.00 bits per heavy atom. The largest absolute Gasteiger partial charge is 0.375 e. The van der Waals surface area contributed by atoms with Crippen molar-refractivity contribution in [1.29, 1.82) is 0 Å². The summed E-state index contributed by atoms with van der Waals surface area (Å²) in [6, 6.07) is 10.1. The monoisotopic (exact) mass is 284 g/mol. The van der Waals surface area contributed by atoms with Crippen LogP contribution in [-0.4, -0.2) is 36.6 Å². The summed E-state index contributed by atoms with van der Waals surface area (Å²) in [6.45, 7) is 5.65. The first kappa shape index (κ1) is 14.0. The molecular formula is C17H20N2O2.